The van der Waals surface area contributed by atoms with Crippen molar-refractivity contribution in [3.8, 4) is 0 Å². The molecule has 118 valence electrons. The van der Waals surface area contributed by atoms with Gasteiger partial charge in [-0.3, -0.25) is 0 Å². The molecule has 0 atom stereocenters. The smallest absolute Gasteiger partial charge is 0.334 e. The van der Waals surface area contributed by atoms with Gasteiger partial charge < -0.3 is 10.1 Å². The molecule has 0 unspecified atom stereocenters. The van der Waals surface area contributed by atoms with Crippen molar-refractivity contribution in [1.82, 2.24) is 15.0 Å². The molecule has 1 heterocycles. The van der Waals surface area contributed by atoms with Gasteiger partial charge in [-0.1, -0.05) is 36.4 Å². The maximum atomic E-state index is 12.0. The van der Waals surface area contributed by atoms with Crippen molar-refractivity contribution in [3.63, 3.8) is 0 Å². The van der Waals surface area contributed by atoms with E-state index in [4.69, 9.17) is 4.74 Å². The van der Waals surface area contributed by atoms with Crippen molar-refractivity contribution in [3.05, 3.63) is 66.0 Å². The van der Waals surface area contributed by atoms with E-state index in [1.54, 1.807) is 18.1 Å². The van der Waals surface area contributed by atoms with Crippen LogP contribution >= 0.6 is 0 Å². The maximum Gasteiger partial charge on any atom is 0.334 e. The zero-order valence-electron chi connectivity index (χ0n) is 12.8. The van der Waals surface area contributed by atoms with Crippen LogP contribution in [0.2, 0.25) is 0 Å². The number of aromatic nitrogens is 2. The van der Waals surface area contributed by atoms with Gasteiger partial charge in [0, 0.05) is 13.7 Å². The fourth-order valence-electron chi connectivity index (χ4n) is 2.38. The Morgan fingerprint density at radius 1 is 1.17 bits per heavy atom. The largest absolute Gasteiger partial charge is 0.380 e. The lowest BCUT2D eigenvalue weighted by atomic mass is 10.1. The molecule has 23 heavy (non-hydrogen) atoms. The van der Waals surface area contributed by atoms with Crippen molar-refractivity contribution in [1.29, 1.82) is 0 Å². The SMILES string of the molecule is COCc1cccc(CNC(=O)Nn2cnc3ccccc32)c1. The molecule has 6 heteroatoms. The van der Waals surface area contributed by atoms with E-state index in [2.05, 4.69) is 15.7 Å². The van der Waals surface area contributed by atoms with E-state index in [-0.39, 0.29) is 6.03 Å². The van der Waals surface area contributed by atoms with Crippen LogP contribution in [0.25, 0.3) is 11.0 Å². The monoisotopic (exact) mass is 310 g/mol. The van der Waals surface area contributed by atoms with E-state index in [0.29, 0.717) is 13.2 Å². The molecule has 0 fully saturated rings. The molecule has 0 bridgehead atoms. The van der Waals surface area contributed by atoms with Gasteiger partial charge in [-0.15, -0.1) is 0 Å². The molecule has 0 aliphatic rings. The Bertz CT molecular complexity index is 813. The van der Waals surface area contributed by atoms with Gasteiger partial charge >= 0.3 is 6.03 Å². The van der Waals surface area contributed by atoms with Gasteiger partial charge in [-0.25, -0.2) is 19.9 Å². The zero-order chi connectivity index (χ0) is 16.1. The molecule has 6 nitrogen and oxygen atoms in total. The molecule has 2 aromatic carbocycles. The number of imidazole rings is 1. The van der Waals surface area contributed by atoms with Gasteiger partial charge in [0.15, 0.2) is 0 Å². The Labute approximate surface area is 134 Å². The number of carbonyl (C=O) groups is 1. The number of hydrogen-bond donors (Lipinski definition) is 2. The van der Waals surface area contributed by atoms with Crippen molar-refractivity contribution >= 4 is 17.1 Å². The number of nitrogens with one attached hydrogen (secondary N) is 2. The summed E-state index contributed by atoms with van der Waals surface area (Å²) in [5, 5.41) is 2.83. The third-order valence-corrected chi connectivity index (χ3v) is 3.43. The van der Waals surface area contributed by atoms with E-state index in [1.165, 1.54) is 0 Å². The summed E-state index contributed by atoms with van der Waals surface area (Å²) >= 11 is 0. The molecular weight excluding hydrogens is 292 g/mol. The number of fused-ring (bicyclic) bond motifs is 1. The Balaban J connectivity index is 1.60. The van der Waals surface area contributed by atoms with Gasteiger partial charge in [0.25, 0.3) is 0 Å². The lowest BCUT2D eigenvalue weighted by molar-refractivity contribution is 0.185. The first-order valence-corrected chi connectivity index (χ1v) is 7.30. The van der Waals surface area contributed by atoms with E-state index >= 15 is 0 Å². The summed E-state index contributed by atoms with van der Waals surface area (Å²) < 4.78 is 6.71. The number of nitrogens with zero attached hydrogens (tertiary/aromatic N) is 2. The second kappa shape index (κ2) is 6.93. The molecule has 2 amide bonds. The van der Waals surface area contributed by atoms with Crippen LogP contribution in [0.4, 0.5) is 4.79 Å². The molecule has 0 aliphatic carbocycles. The predicted octanol–water partition coefficient (Wildman–Crippen LogP) is 2.64. The number of urea groups is 1. The molecule has 3 rings (SSSR count). The van der Waals surface area contributed by atoms with E-state index in [9.17, 15) is 4.79 Å². The highest BCUT2D eigenvalue weighted by Gasteiger charge is 2.05. The first-order valence-electron chi connectivity index (χ1n) is 7.30. The van der Waals surface area contributed by atoms with E-state index < -0.39 is 0 Å². The fraction of sp³-hybridized carbons (Fsp3) is 0.176. The van der Waals surface area contributed by atoms with E-state index in [0.717, 1.165) is 22.2 Å². The van der Waals surface area contributed by atoms with Crippen molar-refractivity contribution in [2.24, 2.45) is 0 Å². The van der Waals surface area contributed by atoms with Crippen LogP contribution in [-0.4, -0.2) is 22.8 Å². The van der Waals surface area contributed by atoms with Crippen LogP contribution in [0.15, 0.2) is 54.9 Å². The molecule has 0 aliphatic heterocycles. The summed E-state index contributed by atoms with van der Waals surface area (Å²) in [5.74, 6) is 0. The minimum atomic E-state index is -0.287. The normalized spacial score (nSPS) is 10.7. The van der Waals surface area contributed by atoms with Gasteiger partial charge in [-0.2, -0.15) is 0 Å². The summed E-state index contributed by atoms with van der Waals surface area (Å²) in [4.78, 5) is 16.3. The number of ether oxygens (including phenoxy) is 1. The molecule has 0 saturated carbocycles. The highest BCUT2D eigenvalue weighted by atomic mass is 16.5. The Morgan fingerprint density at radius 2 is 2.00 bits per heavy atom. The molecular formula is C17H18N4O2. The number of rotatable bonds is 5. The molecule has 3 aromatic rings. The van der Waals surface area contributed by atoms with Gasteiger partial charge in [-0.05, 0) is 23.3 Å². The summed E-state index contributed by atoms with van der Waals surface area (Å²) in [6.07, 6.45) is 1.59. The lowest BCUT2D eigenvalue weighted by Crippen LogP contribution is -2.33. The highest BCUT2D eigenvalue weighted by Crippen LogP contribution is 2.10. The molecule has 0 spiro atoms. The van der Waals surface area contributed by atoms with E-state index in [1.807, 2.05) is 48.5 Å². The summed E-state index contributed by atoms with van der Waals surface area (Å²) in [6.45, 7) is 0.997. The van der Waals surface area contributed by atoms with Crippen LogP contribution < -0.4 is 10.7 Å². The Kier molecular flexibility index (Phi) is 4.54. The third kappa shape index (κ3) is 3.67. The number of carbonyl (C=O) groups excluding carboxylic acids is 1. The fourth-order valence-corrected chi connectivity index (χ4v) is 2.38. The molecule has 0 radical (unpaired) electrons. The second-order valence-electron chi connectivity index (χ2n) is 5.15. The van der Waals surface area contributed by atoms with Crippen LogP contribution in [0.3, 0.4) is 0 Å². The minimum Gasteiger partial charge on any atom is -0.380 e. The van der Waals surface area contributed by atoms with Crippen LogP contribution in [0, 0.1) is 0 Å². The van der Waals surface area contributed by atoms with Crippen molar-refractivity contribution < 1.29 is 9.53 Å². The van der Waals surface area contributed by atoms with Crippen molar-refractivity contribution in [2.45, 2.75) is 13.2 Å². The number of benzene rings is 2. The van der Waals surface area contributed by atoms with Gasteiger partial charge in [0.05, 0.1) is 17.6 Å². The summed E-state index contributed by atoms with van der Waals surface area (Å²) in [6, 6.07) is 15.2. The number of hydrogen-bond acceptors (Lipinski definition) is 3. The quantitative estimate of drug-likeness (QED) is 0.761. The average Bonchev–Trinajstić information content (AvgIpc) is 2.97. The number of para-hydroxylation sites is 2. The van der Waals surface area contributed by atoms with Crippen LogP contribution in [0.1, 0.15) is 11.1 Å². The lowest BCUT2D eigenvalue weighted by Gasteiger charge is -2.10. The average molecular weight is 310 g/mol. The topological polar surface area (TPSA) is 68.2 Å². The number of methoxy groups -OCH3 is 1. The first kappa shape index (κ1) is 15.1. The highest BCUT2D eigenvalue weighted by molar-refractivity contribution is 5.85. The minimum absolute atomic E-state index is 0.287. The Hall–Kier alpha value is -2.86. The molecule has 0 saturated heterocycles. The molecule has 1 aromatic heterocycles. The van der Waals surface area contributed by atoms with Gasteiger partial charge in [0.1, 0.15) is 6.33 Å². The standard InChI is InChI=1S/C17H18N4O2/c1-23-11-14-6-4-5-13(9-14)10-18-17(22)20-21-12-19-15-7-2-3-8-16(15)21/h2-9,12H,10-11H2,1H3,(H2,18,20,22). The summed E-state index contributed by atoms with van der Waals surface area (Å²) in [7, 11) is 1.66. The zero-order valence-corrected chi connectivity index (χ0v) is 12.8. The summed E-state index contributed by atoms with van der Waals surface area (Å²) in [5.41, 5.74) is 6.53. The van der Waals surface area contributed by atoms with Gasteiger partial charge in [0.2, 0.25) is 0 Å². The second-order valence-corrected chi connectivity index (χ2v) is 5.15. The van der Waals surface area contributed by atoms with Crippen LogP contribution in [-0.2, 0) is 17.9 Å². The molecule has 2 N–H and O–H groups in total. The third-order valence-electron chi connectivity index (χ3n) is 3.43. The Morgan fingerprint density at radius 3 is 2.87 bits per heavy atom. The number of amides is 2. The first-order chi connectivity index (χ1) is 11.3. The van der Waals surface area contributed by atoms with Crippen molar-refractivity contribution in [2.75, 3.05) is 12.5 Å². The predicted molar refractivity (Wildman–Crippen MR) is 88.5 cm³/mol. The maximum absolute atomic E-state index is 12.0. The van der Waals surface area contributed by atoms with Crippen LogP contribution in [0.5, 0.6) is 0 Å².